The Bertz CT molecular complexity index is 392. The highest BCUT2D eigenvalue weighted by Crippen LogP contribution is 2.21. The third-order valence-electron chi connectivity index (χ3n) is 4.88. The summed E-state index contributed by atoms with van der Waals surface area (Å²) < 4.78 is 0. The second-order valence-corrected chi connectivity index (χ2v) is 6.63. The molecule has 0 spiro atoms. The van der Waals surface area contributed by atoms with Crippen LogP contribution in [-0.2, 0) is 4.79 Å². The molecule has 2 aliphatic rings. The number of nitrogens with zero attached hydrogens (tertiary/aromatic N) is 3. The summed E-state index contributed by atoms with van der Waals surface area (Å²) in [5.41, 5.74) is 0. The normalized spacial score (nSPS) is 18.8. The molecule has 0 bridgehead atoms. The standard InChI is InChI=1S/C17H33N5O.HI/c1-3-18-17(20-14-16(23)22-11-6-7-12-22)19-10-13-21(2)15-8-4-5-9-15;/h15H,3-14H2,1-2H3,(H2,18,19,20);1H. The van der Waals surface area contributed by atoms with E-state index in [0.29, 0.717) is 0 Å². The number of carbonyl (C=O) groups is 1. The zero-order valence-electron chi connectivity index (χ0n) is 15.2. The Hall–Kier alpha value is -0.570. The molecule has 140 valence electrons. The van der Waals surface area contributed by atoms with Gasteiger partial charge in [0.15, 0.2) is 5.96 Å². The van der Waals surface area contributed by atoms with E-state index in [1.807, 2.05) is 11.8 Å². The van der Waals surface area contributed by atoms with Gasteiger partial charge in [-0.2, -0.15) is 0 Å². The summed E-state index contributed by atoms with van der Waals surface area (Å²) in [7, 11) is 2.21. The van der Waals surface area contributed by atoms with Gasteiger partial charge in [-0.15, -0.1) is 24.0 Å². The Kier molecular flexibility index (Phi) is 10.6. The van der Waals surface area contributed by atoms with E-state index in [9.17, 15) is 4.79 Å². The topological polar surface area (TPSA) is 60.0 Å². The first-order chi connectivity index (χ1) is 11.2. The number of nitrogens with one attached hydrogen (secondary N) is 2. The molecule has 0 radical (unpaired) electrons. The van der Waals surface area contributed by atoms with Crippen molar-refractivity contribution in [3.63, 3.8) is 0 Å². The van der Waals surface area contributed by atoms with Crippen LogP contribution in [-0.4, -0.2) is 74.0 Å². The fourth-order valence-electron chi connectivity index (χ4n) is 3.43. The van der Waals surface area contributed by atoms with E-state index in [4.69, 9.17) is 0 Å². The van der Waals surface area contributed by atoms with Crippen molar-refractivity contribution >= 4 is 35.8 Å². The predicted molar refractivity (Wildman–Crippen MR) is 110 cm³/mol. The van der Waals surface area contributed by atoms with Gasteiger partial charge in [0.25, 0.3) is 0 Å². The number of amides is 1. The molecule has 2 fully saturated rings. The van der Waals surface area contributed by atoms with Crippen LogP contribution < -0.4 is 10.6 Å². The van der Waals surface area contributed by atoms with E-state index in [0.717, 1.165) is 57.6 Å². The molecule has 0 atom stereocenters. The van der Waals surface area contributed by atoms with Crippen molar-refractivity contribution < 1.29 is 4.79 Å². The summed E-state index contributed by atoms with van der Waals surface area (Å²) in [6.45, 7) is 6.75. The molecule has 6 nitrogen and oxygen atoms in total. The molecule has 1 saturated heterocycles. The van der Waals surface area contributed by atoms with E-state index < -0.39 is 0 Å². The molecule has 24 heavy (non-hydrogen) atoms. The molecule has 7 heteroatoms. The van der Waals surface area contributed by atoms with Crippen molar-refractivity contribution in [3.8, 4) is 0 Å². The van der Waals surface area contributed by atoms with Crippen molar-refractivity contribution in [2.45, 2.75) is 51.5 Å². The Morgan fingerprint density at radius 3 is 2.46 bits per heavy atom. The van der Waals surface area contributed by atoms with Gasteiger partial charge in [-0.1, -0.05) is 12.8 Å². The van der Waals surface area contributed by atoms with Crippen molar-refractivity contribution in [3.05, 3.63) is 0 Å². The predicted octanol–water partition coefficient (Wildman–Crippen LogP) is 1.66. The number of likely N-dealkylation sites (tertiary alicyclic amines) is 1. The molecule has 1 aliphatic carbocycles. The molecule has 0 aromatic heterocycles. The zero-order valence-corrected chi connectivity index (χ0v) is 17.6. The third-order valence-corrected chi connectivity index (χ3v) is 4.88. The molecule has 0 aromatic rings. The minimum absolute atomic E-state index is 0. The van der Waals surface area contributed by atoms with E-state index in [-0.39, 0.29) is 36.4 Å². The monoisotopic (exact) mass is 451 g/mol. The van der Waals surface area contributed by atoms with E-state index in [1.165, 1.54) is 25.7 Å². The Morgan fingerprint density at radius 2 is 1.83 bits per heavy atom. The molecule has 1 heterocycles. The van der Waals surface area contributed by atoms with Crippen LogP contribution in [0.25, 0.3) is 0 Å². The van der Waals surface area contributed by atoms with Gasteiger partial charge < -0.3 is 20.4 Å². The highest BCUT2D eigenvalue weighted by Gasteiger charge is 2.19. The Labute approximate surface area is 163 Å². The average molecular weight is 451 g/mol. The van der Waals surface area contributed by atoms with E-state index in [2.05, 4.69) is 27.6 Å². The van der Waals surface area contributed by atoms with Gasteiger partial charge in [-0.3, -0.25) is 4.79 Å². The van der Waals surface area contributed by atoms with Crippen LogP contribution in [0.4, 0.5) is 0 Å². The maximum atomic E-state index is 12.1. The second kappa shape index (κ2) is 11.9. The number of aliphatic imine (C=N–C) groups is 1. The van der Waals surface area contributed by atoms with Crippen LogP contribution in [0.15, 0.2) is 4.99 Å². The smallest absolute Gasteiger partial charge is 0.244 e. The van der Waals surface area contributed by atoms with Crippen molar-refractivity contribution in [2.75, 3.05) is 46.3 Å². The summed E-state index contributed by atoms with van der Waals surface area (Å²) in [4.78, 5) is 20.9. The van der Waals surface area contributed by atoms with Crippen LogP contribution >= 0.6 is 24.0 Å². The first kappa shape index (κ1) is 21.5. The van der Waals surface area contributed by atoms with Gasteiger partial charge in [0.1, 0.15) is 6.54 Å². The quantitative estimate of drug-likeness (QED) is 0.351. The molecule has 0 aromatic carbocycles. The van der Waals surface area contributed by atoms with Crippen LogP contribution in [0.5, 0.6) is 0 Å². The number of halogens is 1. The molecule has 2 N–H and O–H groups in total. The summed E-state index contributed by atoms with van der Waals surface area (Å²) >= 11 is 0. The van der Waals surface area contributed by atoms with Gasteiger partial charge in [0, 0.05) is 38.8 Å². The minimum atomic E-state index is 0. The number of likely N-dealkylation sites (N-methyl/N-ethyl adjacent to an activating group) is 1. The summed E-state index contributed by atoms with van der Waals surface area (Å²) in [6, 6.07) is 0.744. The SMILES string of the molecule is CCNC(=NCC(=O)N1CCCC1)NCCN(C)C1CCCC1.I. The fourth-order valence-corrected chi connectivity index (χ4v) is 3.43. The highest BCUT2D eigenvalue weighted by atomic mass is 127. The average Bonchev–Trinajstić information content (AvgIpc) is 3.24. The van der Waals surface area contributed by atoms with Crippen LogP contribution in [0.1, 0.15) is 45.4 Å². The highest BCUT2D eigenvalue weighted by molar-refractivity contribution is 14.0. The van der Waals surface area contributed by atoms with Crippen LogP contribution in [0.2, 0.25) is 0 Å². The van der Waals surface area contributed by atoms with E-state index in [1.54, 1.807) is 0 Å². The lowest BCUT2D eigenvalue weighted by Crippen LogP contribution is -2.43. The largest absolute Gasteiger partial charge is 0.357 e. The number of guanidine groups is 1. The number of rotatable bonds is 7. The van der Waals surface area contributed by atoms with Crippen LogP contribution in [0, 0.1) is 0 Å². The first-order valence-corrected chi connectivity index (χ1v) is 9.21. The number of carbonyl (C=O) groups excluding carboxylic acids is 1. The van der Waals surface area contributed by atoms with Crippen molar-refractivity contribution in [2.24, 2.45) is 4.99 Å². The molecule has 0 unspecified atom stereocenters. The molecule has 2 rings (SSSR count). The maximum Gasteiger partial charge on any atom is 0.244 e. The van der Waals surface area contributed by atoms with Gasteiger partial charge in [0.05, 0.1) is 0 Å². The minimum Gasteiger partial charge on any atom is -0.357 e. The van der Waals surface area contributed by atoms with E-state index >= 15 is 0 Å². The summed E-state index contributed by atoms with van der Waals surface area (Å²) in [5.74, 6) is 0.891. The summed E-state index contributed by atoms with van der Waals surface area (Å²) in [5, 5.41) is 6.57. The molecular formula is C17H34IN5O. The van der Waals surface area contributed by atoms with Gasteiger partial charge in [-0.25, -0.2) is 4.99 Å². The summed E-state index contributed by atoms with van der Waals surface area (Å²) in [6.07, 6.45) is 7.64. The maximum absolute atomic E-state index is 12.1. The Balaban J connectivity index is 0.00000288. The number of hydrogen-bond acceptors (Lipinski definition) is 3. The molecule has 1 aliphatic heterocycles. The fraction of sp³-hybridized carbons (Fsp3) is 0.882. The van der Waals surface area contributed by atoms with Gasteiger partial charge in [-0.05, 0) is 39.7 Å². The zero-order chi connectivity index (χ0) is 16.5. The number of hydrogen-bond donors (Lipinski definition) is 2. The molecule has 1 saturated carbocycles. The molecule has 1 amide bonds. The van der Waals surface area contributed by atoms with Crippen LogP contribution in [0.3, 0.4) is 0 Å². The lowest BCUT2D eigenvalue weighted by molar-refractivity contribution is -0.128. The van der Waals surface area contributed by atoms with Crippen molar-refractivity contribution in [1.29, 1.82) is 0 Å². The van der Waals surface area contributed by atoms with Crippen molar-refractivity contribution in [1.82, 2.24) is 20.4 Å². The Morgan fingerprint density at radius 1 is 1.17 bits per heavy atom. The third kappa shape index (κ3) is 7.13. The van der Waals surface area contributed by atoms with Gasteiger partial charge >= 0.3 is 0 Å². The van der Waals surface area contributed by atoms with Gasteiger partial charge in [0.2, 0.25) is 5.91 Å². The molecular weight excluding hydrogens is 417 g/mol. The lowest BCUT2D eigenvalue weighted by Gasteiger charge is -2.24. The lowest BCUT2D eigenvalue weighted by atomic mass is 10.2. The second-order valence-electron chi connectivity index (χ2n) is 6.63. The first-order valence-electron chi connectivity index (χ1n) is 9.21.